The predicted octanol–water partition coefficient (Wildman–Crippen LogP) is 1.34. The van der Waals surface area contributed by atoms with Crippen LogP contribution in [0.2, 0.25) is 0 Å². The van der Waals surface area contributed by atoms with E-state index in [1.165, 1.54) is 0 Å². The molecule has 10 nitrogen and oxygen atoms in total. The summed E-state index contributed by atoms with van der Waals surface area (Å²) in [7, 11) is 0. The lowest BCUT2D eigenvalue weighted by atomic mass is 9.49. The Kier molecular flexibility index (Phi) is 5.97. The molecule has 4 saturated carbocycles. The first kappa shape index (κ1) is 29.8. The van der Waals surface area contributed by atoms with Crippen LogP contribution in [-0.2, 0) is 9.47 Å². The molecule has 242 valence electrons. The molecule has 3 heterocycles. The Balaban J connectivity index is 1.20. The van der Waals surface area contributed by atoms with E-state index in [1.54, 1.807) is 31.2 Å². The molecule has 4 aliphatic carbocycles. The molecule has 0 aromatic heterocycles. The minimum absolute atomic E-state index is 0.0698. The van der Waals surface area contributed by atoms with Crippen LogP contribution in [0.4, 0.5) is 0 Å². The second-order valence-electron chi connectivity index (χ2n) is 16.1. The molecule has 0 amide bonds. The number of piperidine rings is 2. The highest BCUT2D eigenvalue weighted by Crippen LogP contribution is 2.78. The van der Waals surface area contributed by atoms with Gasteiger partial charge in [-0.2, -0.15) is 0 Å². The number of aliphatic hydroxyl groups excluding tert-OH is 1. The quantitative estimate of drug-likeness (QED) is 0.269. The number of benzene rings is 1. The van der Waals surface area contributed by atoms with Gasteiger partial charge in [0.25, 0.3) is 0 Å². The third kappa shape index (κ3) is 3.18. The van der Waals surface area contributed by atoms with Crippen molar-refractivity contribution in [2.45, 2.75) is 124 Å². The Hall–Kier alpha value is -1.63. The van der Waals surface area contributed by atoms with Crippen molar-refractivity contribution in [3.05, 3.63) is 35.9 Å². The monoisotopic (exact) mass is 613 g/mol. The van der Waals surface area contributed by atoms with Gasteiger partial charge in [0.1, 0.15) is 22.4 Å². The zero-order valence-corrected chi connectivity index (χ0v) is 25.9. The minimum Gasteiger partial charge on any atom is -0.453 e. The molecular weight excluding hydrogens is 566 g/mol. The maximum atomic E-state index is 13.1. The van der Waals surface area contributed by atoms with Gasteiger partial charge in [-0.15, -0.1) is 0 Å². The fraction of sp³-hybridized carbons (Fsp3) is 0.794. The average Bonchev–Trinajstić information content (AvgIpc) is 3.14. The van der Waals surface area contributed by atoms with Gasteiger partial charge in [-0.25, -0.2) is 4.79 Å². The number of hydrogen-bond acceptors (Lipinski definition) is 10. The van der Waals surface area contributed by atoms with Crippen molar-refractivity contribution in [2.24, 2.45) is 29.1 Å². The van der Waals surface area contributed by atoms with Gasteiger partial charge in [-0.1, -0.05) is 32.0 Å². The van der Waals surface area contributed by atoms with E-state index in [2.05, 4.69) is 11.8 Å². The second-order valence-corrected chi connectivity index (χ2v) is 16.1. The summed E-state index contributed by atoms with van der Waals surface area (Å²) >= 11 is 0. The van der Waals surface area contributed by atoms with Crippen LogP contribution in [0.15, 0.2) is 30.3 Å². The molecule has 1 spiro atoms. The number of fused-ring (bicyclic) bond motifs is 5. The molecule has 10 heteroatoms. The number of aliphatic hydroxyl groups is 6. The number of hydrogen-bond donors (Lipinski definition) is 6. The van der Waals surface area contributed by atoms with Crippen LogP contribution in [0.1, 0.15) is 82.5 Å². The maximum absolute atomic E-state index is 13.1. The van der Waals surface area contributed by atoms with Crippen molar-refractivity contribution in [3.63, 3.8) is 0 Å². The van der Waals surface area contributed by atoms with Crippen LogP contribution in [0.3, 0.4) is 0 Å². The molecule has 3 aliphatic heterocycles. The van der Waals surface area contributed by atoms with E-state index >= 15 is 0 Å². The molecule has 8 rings (SSSR count). The molecule has 14 atom stereocenters. The molecule has 7 fully saturated rings. The summed E-state index contributed by atoms with van der Waals surface area (Å²) < 4.78 is 12.8. The smallest absolute Gasteiger partial charge is 0.338 e. The zero-order chi connectivity index (χ0) is 31.3. The first-order chi connectivity index (χ1) is 20.6. The van der Waals surface area contributed by atoms with Crippen molar-refractivity contribution >= 4 is 5.97 Å². The van der Waals surface area contributed by atoms with E-state index in [4.69, 9.17) is 9.47 Å². The first-order valence-electron chi connectivity index (χ1n) is 16.6. The Bertz CT molecular complexity index is 1380. The molecule has 7 aliphatic rings. The summed E-state index contributed by atoms with van der Waals surface area (Å²) in [6.45, 7) is 6.64. The fourth-order valence-corrected chi connectivity index (χ4v) is 12.2. The van der Waals surface area contributed by atoms with Crippen molar-refractivity contribution in [1.82, 2.24) is 4.90 Å². The van der Waals surface area contributed by atoms with Gasteiger partial charge in [0.15, 0.2) is 6.10 Å². The predicted molar refractivity (Wildman–Crippen MR) is 156 cm³/mol. The lowest BCUT2D eigenvalue weighted by molar-refractivity contribution is -0.354. The minimum atomic E-state index is -2.07. The summed E-state index contributed by atoms with van der Waals surface area (Å²) in [5.41, 5.74) is -9.09. The maximum Gasteiger partial charge on any atom is 0.338 e. The summed E-state index contributed by atoms with van der Waals surface area (Å²) in [6.07, 6.45) is 0.521. The third-order valence-corrected chi connectivity index (χ3v) is 14.3. The van der Waals surface area contributed by atoms with Gasteiger partial charge in [0.05, 0.1) is 17.3 Å². The number of esters is 1. The molecule has 6 N–H and O–H groups in total. The van der Waals surface area contributed by atoms with E-state index in [1.807, 2.05) is 13.0 Å². The molecule has 4 bridgehead atoms. The topological polar surface area (TPSA) is 160 Å². The van der Waals surface area contributed by atoms with Gasteiger partial charge in [-0.3, -0.25) is 4.90 Å². The second kappa shape index (κ2) is 8.83. The van der Waals surface area contributed by atoms with Crippen LogP contribution in [0.5, 0.6) is 0 Å². The molecule has 1 aromatic rings. The first-order valence-corrected chi connectivity index (χ1v) is 16.6. The highest BCUT2D eigenvalue weighted by atomic mass is 16.7. The molecule has 0 unspecified atom stereocenters. The van der Waals surface area contributed by atoms with Crippen LogP contribution in [-0.4, -0.2) is 107 Å². The van der Waals surface area contributed by atoms with E-state index in [9.17, 15) is 35.4 Å². The summed E-state index contributed by atoms with van der Waals surface area (Å²) in [4.78, 5) is 15.2. The Labute approximate surface area is 258 Å². The van der Waals surface area contributed by atoms with Crippen molar-refractivity contribution in [3.8, 4) is 0 Å². The number of rotatable bonds is 2. The molecule has 3 saturated heterocycles. The molecule has 1 aromatic carbocycles. The van der Waals surface area contributed by atoms with Crippen molar-refractivity contribution in [2.75, 3.05) is 13.1 Å². The fourth-order valence-electron chi connectivity index (χ4n) is 12.2. The van der Waals surface area contributed by atoms with Crippen molar-refractivity contribution in [1.29, 1.82) is 0 Å². The lowest BCUT2D eigenvalue weighted by Gasteiger charge is -2.68. The van der Waals surface area contributed by atoms with Crippen LogP contribution < -0.4 is 0 Å². The molecule has 0 radical (unpaired) electrons. The highest BCUT2D eigenvalue weighted by Gasteiger charge is 2.88. The van der Waals surface area contributed by atoms with Gasteiger partial charge in [-0.05, 0) is 63.5 Å². The largest absolute Gasteiger partial charge is 0.453 e. The molecule has 44 heavy (non-hydrogen) atoms. The van der Waals surface area contributed by atoms with Gasteiger partial charge >= 0.3 is 5.97 Å². The van der Waals surface area contributed by atoms with Crippen molar-refractivity contribution < 1.29 is 44.9 Å². The summed E-state index contributed by atoms with van der Waals surface area (Å²) in [5, 5.41) is 74.3. The van der Waals surface area contributed by atoms with Crippen LogP contribution in [0.25, 0.3) is 0 Å². The summed E-state index contributed by atoms with van der Waals surface area (Å²) in [5.74, 6) is -4.15. The van der Waals surface area contributed by atoms with Crippen LogP contribution in [0, 0.1) is 29.1 Å². The number of nitrogens with zero attached hydrogens (tertiary/aromatic N) is 1. The number of carbonyl (C=O) groups excluding carboxylic acids is 1. The van der Waals surface area contributed by atoms with Gasteiger partial charge < -0.3 is 40.1 Å². The molecular formula is C34H47NO9. The summed E-state index contributed by atoms with van der Waals surface area (Å²) in [6, 6.07) is 8.23. The van der Waals surface area contributed by atoms with E-state index in [0.717, 1.165) is 6.42 Å². The average molecular weight is 614 g/mol. The normalized spacial score (nSPS) is 57.5. The van der Waals surface area contributed by atoms with Crippen LogP contribution >= 0.6 is 0 Å². The highest BCUT2D eigenvalue weighted by molar-refractivity contribution is 5.89. The Morgan fingerprint density at radius 2 is 1.61 bits per heavy atom. The zero-order valence-electron chi connectivity index (χ0n) is 25.9. The lowest BCUT2D eigenvalue weighted by Crippen LogP contribution is -2.85. The standard InChI is InChI=1S/C34H47NO9/c1-19-9-12-24-29(3,38)33(41)23(17-35(24)16-19)31(40)18-32-22(30(31,39)15-25(33)36)11-10-21-28(32,2)14-13-26(34(21,42)44-32)43-27(37)20-7-5-4-6-8-20/h4-8,19,21-26,36,38-42H,9-18H2,1-3H3/t19-,21-,22-,23-,24-,25-,26-,28-,29+,30+,31+,32+,33-,34-/m0/s1. The number of ether oxygens (including phenoxy) is 2. The third-order valence-electron chi connectivity index (χ3n) is 14.3. The Morgan fingerprint density at radius 1 is 0.909 bits per heavy atom. The van der Waals surface area contributed by atoms with Gasteiger partial charge in [0, 0.05) is 55.1 Å². The Morgan fingerprint density at radius 3 is 2.34 bits per heavy atom. The number of carbonyl (C=O) groups is 1. The van der Waals surface area contributed by atoms with E-state index in [-0.39, 0.29) is 19.4 Å². The SMILES string of the molecule is C[C@H]1CC[C@@H]2N(C1)C[C@@H]1[C@](O)([C@@H](O)C[C@@]3(O)[C@@H]4CC[C@@H]5[C@]6(O)O[C@@]4(C[C@@]13O)[C@@]5(C)CC[C@@H]6OC(=O)c1ccccc1)[C@]2(C)O. The van der Waals surface area contributed by atoms with E-state index in [0.29, 0.717) is 50.1 Å². The van der Waals surface area contributed by atoms with Gasteiger partial charge in [0.2, 0.25) is 5.79 Å². The van der Waals surface area contributed by atoms with E-state index < -0.39 is 81.2 Å².